The van der Waals surface area contributed by atoms with Gasteiger partial charge in [0.05, 0.1) is 5.69 Å². The number of ether oxygens (including phenoxy) is 1. The molecule has 9 heteroatoms. The van der Waals surface area contributed by atoms with E-state index in [1.54, 1.807) is 4.90 Å². The molecular formula is C14H21N5O4. The Morgan fingerprint density at radius 2 is 1.96 bits per heavy atom. The van der Waals surface area contributed by atoms with Gasteiger partial charge in [-0.05, 0) is 36.7 Å². The fourth-order valence-corrected chi connectivity index (χ4v) is 2.26. The summed E-state index contributed by atoms with van der Waals surface area (Å²) in [7, 11) is 0. The summed E-state index contributed by atoms with van der Waals surface area (Å²) < 4.78 is 5.34. The third-order valence-corrected chi connectivity index (χ3v) is 3.35. The van der Waals surface area contributed by atoms with Crippen LogP contribution in [-0.2, 0) is 4.74 Å². The van der Waals surface area contributed by atoms with Crippen LogP contribution in [0.3, 0.4) is 0 Å². The van der Waals surface area contributed by atoms with Gasteiger partial charge in [-0.3, -0.25) is 0 Å². The van der Waals surface area contributed by atoms with Gasteiger partial charge in [-0.2, -0.15) is 0 Å². The molecule has 1 amide bonds. The van der Waals surface area contributed by atoms with Crippen molar-refractivity contribution in [1.29, 1.82) is 0 Å². The second-order valence-corrected chi connectivity index (χ2v) is 6.32. The molecule has 0 saturated carbocycles. The highest BCUT2D eigenvalue weighted by molar-refractivity contribution is 5.69. The van der Waals surface area contributed by atoms with E-state index in [9.17, 15) is 14.9 Å². The minimum atomic E-state index is -0.612. The van der Waals surface area contributed by atoms with E-state index >= 15 is 0 Å². The van der Waals surface area contributed by atoms with E-state index in [4.69, 9.17) is 10.5 Å². The van der Waals surface area contributed by atoms with Crippen LogP contribution in [0, 0.1) is 10.1 Å². The smallest absolute Gasteiger partial charge is 0.410 e. The van der Waals surface area contributed by atoms with Gasteiger partial charge in [-0.15, -0.1) is 0 Å². The lowest BCUT2D eigenvalue weighted by Crippen LogP contribution is -2.50. The maximum atomic E-state index is 12.0. The third-order valence-electron chi connectivity index (χ3n) is 3.35. The number of nitro groups is 1. The summed E-state index contributed by atoms with van der Waals surface area (Å²) in [6.45, 7) is 7.65. The Balaban J connectivity index is 1.98. The lowest BCUT2D eigenvalue weighted by atomic mass is 10.2. The minimum Gasteiger partial charge on any atom is -0.444 e. The Labute approximate surface area is 134 Å². The molecule has 126 valence electrons. The van der Waals surface area contributed by atoms with E-state index in [0.29, 0.717) is 31.9 Å². The molecule has 0 atom stereocenters. The van der Waals surface area contributed by atoms with Crippen molar-refractivity contribution in [2.45, 2.75) is 26.4 Å². The summed E-state index contributed by atoms with van der Waals surface area (Å²) in [6.07, 6.45) is 1.09. The first-order valence-corrected chi connectivity index (χ1v) is 7.30. The number of aromatic nitrogens is 1. The molecular weight excluding hydrogens is 302 g/mol. The first kappa shape index (κ1) is 16.8. The van der Waals surface area contributed by atoms with E-state index < -0.39 is 10.5 Å². The molecule has 9 nitrogen and oxygen atoms in total. The molecule has 1 aromatic rings. The molecule has 0 aromatic carbocycles. The monoisotopic (exact) mass is 323 g/mol. The third kappa shape index (κ3) is 4.21. The average Bonchev–Trinajstić information content (AvgIpc) is 2.45. The Morgan fingerprint density at radius 1 is 1.35 bits per heavy atom. The molecule has 0 aliphatic carbocycles. The number of anilines is 2. The van der Waals surface area contributed by atoms with Crippen LogP contribution in [0.1, 0.15) is 20.8 Å². The maximum Gasteiger partial charge on any atom is 0.410 e. The lowest BCUT2D eigenvalue weighted by molar-refractivity contribution is -0.388. The molecule has 1 aliphatic rings. The van der Waals surface area contributed by atoms with Gasteiger partial charge in [0.25, 0.3) is 0 Å². The van der Waals surface area contributed by atoms with Gasteiger partial charge < -0.3 is 30.4 Å². The van der Waals surface area contributed by atoms with Crippen LogP contribution in [-0.4, -0.2) is 52.7 Å². The summed E-state index contributed by atoms with van der Waals surface area (Å²) in [5, 5.41) is 10.7. The van der Waals surface area contributed by atoms with Gasteiger partial charge in [-0.25, -0.2) is 4.79 Å². The molecule has 2 N–H and O–H groups in total. The highest BCUT2D eigenvalue weighted by atomic mass is 16.6. The number of carbonyl (C=O) groups is 1. The van der Waals surface area contributed by atoms with Crippen molar-refractivity contribution in [3.05, 3.63) is 22.4 Å². The molecule has 2 rings (SSSR count). The zero-order valence-electron chi connectivity index (χ0n) is 13.5. The van der Waals surface area contributed by atoms with Crippen LogP contribution in [0.2, 0.25) is 0 Å². The van der Waals surface area contributed by atoms with Crippen molar-refractivity contribution < 1.29 is 14.5 Å². The Bertz CT molecular complexity index is 606. The molecule has 0 unspecified atom stereocenters. The molecule has 1 aromatic heterocycles. The van der Waals surface area contributed by atoms with Gasteiger partial charge in [0.15, 0.2) is 6.20 Å². The van der Waals surface area contributed by atoms with Crippen LogP contribution < -0.4 is 10.6 Å². The summed E-state index contributed by atoms with van der Waals surface area (Å²) in [5.74, 6) is -0.346. The SMILES string of the molecule is CC(C)(C)OC(=O)N1CCN(c2cnc([N+](=O)[O-])c(N)c2)CC1. The Kier molecular flexibility index (Phi) is 4.57. The Morgan fingerprint density at radius 3 is 2.43 bits per heavy atom. The average molecular weight is 323 g/mol. The molecule has 1 fully saturated rings. The quantitative estimate of drug-likeness (QED) is 0.649. The van der Waals surface area contributed by atoms with Crippen molar-refractivity contribution >= 4 is 23.3 Å². The number of nitrogen functional groups attached to an aromatic ring is 1. The standard InChI is InChI=1S/C14H21N5O4/c1-14(2,3)23-13(20)18-6-4-17(5-7-18)10-8-11(15)12(16-9-10)19(21)22/h8-9H,4-7,15H2,1-3H3. The molecule has 1 aliphatic heterocycles. The summed E-state index contributed by atoms with van der Waals surface area (Å²) in [4.78, 5) is 29.5. The van der Waals surface area contributed by atoms with Crippen molar-refractivity contribution in [3.63, 3.8) is 0 Å². The van der Waals surface area contributed by atoms with Crippen LogP contribution in [0.4, 0.5) is 22.0 Å². The first-order chi connectivity index (χ1) is 10.7. The predicted molar refractivity (Wildman–Crippen MR) is 85.3 cm³/mol. The van der Waals surface area contributed by atoms with Crippen molar-refractivity contribution in [2.75, 3.05) is 36.8 Å². The number of pyridine rings is 1. The zero-order valence-corrected chi connectivity index (χ0v) is 13.5. The Hall–Kier alpha value is -2.58. The predicted octanol–water partition coefficient (Wildman–Crippen LogP) is 1.63. The van der Waals surface area contributed by atoms with Crippen molar-refractivity contribution in [2.24, 2.45) is 0 Å². The van der Waals surface area contributed by atoms with Crippen molar-refractivity contribution in [3.8, 4) is 0 Å². The van der Waals surface area contributed by atoms with Gasteiger partial charge in [0.2, 0.25) is 0 Å². The van der Waals surface area contributed by atoms with Crippen LogP contribution in [0.15, 0.2) is 12.3 Å². The van der Waals surface area contributed by atoms with Crippen LogP contribution >= 0.6 is 0 Å². The number of hydrogen-bond donors (Lipinski definition) is 1. The lowest BCUT2D eigenvalue weighted by Gasteiger charge is -2.36. The second-order valence-electron chi connectivity index (χ2n) is 6.32. The van der Waals surface area contributed by atoms with E-state index in [0.717, 1.165) is 0 Å². The van der Waals surface area contributed by atoms with E-state index in [2.05, 4.69) is 4.98 Å². The molecule has 0 bridgehead atoms. The number of piperazine rings is 1. The number of hydrogen-bond acceptors (Lipinski definition) is 7. The molecule has 2 heterocycles. The van der Waals surface area contributed by atoms with Gasteiger partial charge in [-0.1, -0.05) is 0 Å². The van der Waals surface area contributed by atoms with Crippen LogP contribution in [0.5, 0.6) is 0 Å². The molecule has 0 radical (unpaired) electrons. The number of carbonyl (C=O) groups excluding carboxylic acids is 1. The normalized spacial score (nSPS) is 15.4. The van der Waals surface area contributed by atoms with Crippen LogP contribution in [0.25, 0.3) is 0 Å². The summed E-state index contributed by atoms with van der Waals surface area (Å²) in [6, 6.07) is 1.54. The first-order valence-electron chi connectivity index (χ1n) is 7.30. The minimum absolute atomic E-state index is 0.0297. The second kappa shape index (κ2) is 6.27. The number of amides is 1. The maximum absolute atomic E-state index is 12.0. The van der Waals surface area contributed by atoms with Crippen molar-refractivity contribution in [1.82, 2.24) is 9.88 Å². The molecule has 1 saturated heterocycles. The van der Waals surface area contributed by atoms with E-state index in [1.807, 2.05) is 25.7 Å². The highest BCUT2D eigenvalue weighted by Gasteiger charge is 2.27. The van der Waals surface area contributed by atoms with Gasteiger partial charge in [0.1, 0.15) is 11.3 Å². The van der Waals surface area contributed by atoms with Gasteiger partial charge >= 0.3 is 11.9 Å². The summed E-state index contributed by atoms with van der Waals surface area (Å²) >= 11 is 0. The molecule has 0 spiro atoms. The van der Waals surface area contributed by atoms with E-state index in [-0.39, 0.29) is 17.6 Å². The largest absolute Gasteiger partial charge is 0.444 e. The zero-order chi connectivity index (χ0) is 17.2. The molecule has 23 heavy (non-hydrogen) atoms. The number of nitrogens with two attached hydrogens (primary N) is 1. The van der Waals surface area contributed by atoms with Gasteiger partial charge in [0, 0.05) is 26.2 Å². The topological polar surface area (TPSA) is 115 Å². The fraction of sp³-hybridized carbons (Fsp3) is 0.571. The van der Waals surface area contributed by atoms with E-state index in [1.165, 1.54) is 12.3 Å². The summed E-state index contributed by atoms with van der Waals surface area (Å²) in [5.41, 5.74) is 5.87. The number of nitrogens with zero attached hydrogens (tertiary/aromatic N) is 4. The highest BCUT2D eigenvalue weighted by Crippen LogP contribution is 2.25. The number of rotatable bonds is 2. The fourth-order valence-electron chi connectivity index (χ4n) is 2.26.